The maximum Gasteiger partial charge on any atom is 0.303 e. The van der Waals surface area contributed by atoms with Gasteiger partial charge in [-0.2, -0.15) is 5.10 Å². The number of aryl methyl sites for hydroxylation is 1. The van der Waals surface area contributed by atoms with Crippen molar-refractivity contribution in [1.29, 1.82) is 0 Å². The van der Waals surface area contributed by atoms with Crippen LogP contribution in [0.5, 0.6) is 11.5 Å². The first-order valence-corrected chi connectivity index (χ1v) is 12.8. The molecule has 0 spiro atoms. The normalized spacial score (nSPS) is 13.9. The lowest BCUT2D eigenvalue weighted by Crippen LogP contribution is -2.07. The lowest BCUT2D eigenvalue weighted by molar-refractivity contribution is -0.136. The zero-order valence-corrected chi connectivity index (χ0v) is 20.6. The number of hydrogen-bond acceptors (Lipinski definition) is 5. The van der Waals surface area contributed by atoms with E-state index in [9.17, 15) is 9.90 Å². The Morgan fingerprint density at radius 2 is 1.89 bits per heavy atom. The minimum atomic E-state index is -0.818. The van der Waals surface area contributed by atoms with Crippen LogP contribution in [0.25, 0.3) is 16.6 Å². The fourth-order valence-corrected chi connectivity index (χ4v) is 5.48. The number of hydrogen-bond donors (Lipinski definition) is 2. The lowest BCUT2D eigenvalue weighted by Gasteiger charge is -2.13. The number of ether oxygens (including phenoxy) is 1. The van der Waals surface area contributed by atoms with Crippen molar-refractivity contribution in [3.05, 3.63) is 71.7 Å². The summed E-state index contributed by atoms with van der Waals surface area (Å²) in [5, 5.41) is 14.0. The maximum absolute atomic E-state index is 11.5. The van der Waals surface area contributed by atoms with E-state index in [1.54, 1.807) is 0 Å². The van der Waals surface area contributed by atoms with Crippen LogP contribution >= 0.6 is 0 Å². The number of carboxylic acids is 1. The Bertz CT molecular complexity index is 1370. The van der Waals surface area contributed by atoms with Gasteiger partial charge in [-0.3, -0.25) is 4.79 Å². The Balaban J connectivity index is 1.56. The second-order valence-electron chi connectivity index (χ2n) is 9.54. The van der Waals surface area contributed by atoms with Gasteiger partial charge in [-0.05, 0) is 66.6 Å². The number of aliphatic carboxylic acids is 1. The Morgan fingerprint density at radius 1 is 1.11 bits per heavy atom. The van der Waals surface area contributed by atoms with Crippen molar-refractivity contribution in [3.8, 4) is 22.6 Å². The van der Waals surface area contributed by atoms with E-state index in [-0.39, 0.29) is 6.42 Å². The minimum absolute atomic E-state index is 0.0478. The van der Waals surface area contributed by atoms with Crippen LogP contribution in [0.2, 0.25) is 0 Å². The van der Waals surface area contributed by atoms with Gasteiger partial charge < -0.3 is 15.6 Å². The van der Waals surface area contributed by atoms with Crippen molar-refractivity contribution >= 4 is 17.3 Å². The third-order valence-corrected chi connectivity index (χ3v) is 7.04. The van der Waals surface area contributed by atoms with Crippen LogP contribution in [0.1, 0.15) is 68.2 Å². The van der Waals surface area contributed by atoms with Gasteiger partial charge in [0.1, 0.15) is 23.3 Å². The molecule has 7 heteroatoms. The fourth-order valence-electron chi connectivity index (χ4n) is 5.48. The molecule has 2 heterocycles. The largest absolute Gasteiger partial charge is 0.481 e. The summed E-state index contributed by atoms with van der Waals surface area (Å²) in [6, 6.07) is 16.1. The molecule has 4 aromatic rings. The van der Waals surface area contributed by atoms with Crippen LogP contribution in [-0.2, 0) is 17.6 Å². The second kappa shape index (κ2) is 10.4. The number of benzene rings is 2. The molecular formula is C29H32N4O3. The molecule has 0 amide bonds. The van der Waals surface area contributed by atoms with E-state index < -0.39 is 5.97 Å². The van der Waals surface area contributed by atoms with Gasteiger partial charge in [0.15, 0.2) is 5.82 Å². The average molecular weight is 485 g/mol. The Labute approximate surface area is 210 Å². The van der Waals surface area contributed by atoms with E-state index in [1.165, 1.54) is 11.9 Å². The third-order valence-electron chi connectivity index (χ3n) is 7.04. The smallest absolute Gasteiger partial charge is 0.303 e. The first kappa shape index (κ1) is 23.9. The molecular weight excluding hydrogens is 452 g/mol. The van der Waals surface area contributed by atoms with Gasteiger partial charge in [-0.15, -0.1) is 0 Å². The van der Waals surface area contributed by atoms with E-state index in [2.05, 4.69) is 29.1 Å². The average Bonchev–Trinajstić information content (AvgIpc) is 3.50. The number of nitrogens with zero attached hydrogens (tertiary/aromatic N) is 3. The van der Waals surface area contributed by atoms with Crippen LogP contribution in [0.15, 0.2) is 54.9 Å². The van der Waals surface area contributed by atoms with Crippen molar-refractivity contribution in [1.82, 2.24) is 14.6 Å². The molecule has 186 valence electrons. The molecule has 2 aromatic heterocycles. The predicted octanol–water partition coefficient (Wildman–Crippen LogP) is 6.40. The number of rotatable bonds is 9. The predicted molar refractivity (Wildman–Crippen MR) is 141 cm³/mol. The molecule has 0 bridgehead atoms. The van der Waals surface area contributed by atoms with Crippen molar-refractivity contribution in [2.75, 3.05) is 5.73 Å². The van der Waals surface area contributed by atoms with Gasteiger partial charge >= 0.3 is 5.97 Å². The molecule has 7 nitrogen and oxygen atoms in total. The van der Waals surface area contributed by atoms with E-state index in [4.69, 9.17) is 10.5 Å². The Kier molecular flexibility index (Phi) is 6.89. The molecule has 0 unspecified atom stereocenters. The fraction of sp³-hybridized carbons (Fsp3) is 0.345. The molecule has 0 atom stereocenters. The summed E-state index contributed by atoms with van der Waals surface area (Å²) in [6.07, 6.45) is 8.52. The first-order chi connectivity index (χ1) is 17.5. The molecule has 1 aliphatic carbocycles. The van der Waals surface area contributed by atoms with Gasteiger partial charge in [0.2, 0.25) is 0 Å². The molecule has 36 heavy (non-hydrogen) atoms. The lowest BCUT2D eigenvalue weighted by atomic mass is 9.92. The topological polar surface area (TPSA) is 103 Å². The SMILES string of the molecule is CCCc1cccc(Oc2ccc(-c3c(CCC(=O)O)c(C4CCCC4)n4ncnc(N)c34)cc2)c1. The van der Waals surface area contributed by atoms with E-state index in [1.807, 2.05) is 40.9 Å². The Hall–Kier alpha value is -3.87. The highest BCUT2D eigenvalue weighted by atomic mass is 16.5. The molecule has 3 N–H and O–H groups in total. The summed E-state index contributed by atoms with van der Waals surface area (Å²) in [5.41, 5.74) is 12.4. The van der Waals surface area contributed by atoms with Crippen LogP contribution in [0, 0.1) is 0 Å². The zero-order valence-electron chi connectivity index (χ0n) is 20.6. The summed E-state index contributed by atoms with van der Waals surface area (Å²) in [4.78, 5) is 15.8. The summed E-state index contributed by atoms with van der Waals surface area (Å²) in [5.74, 6) is 1.47. The van der Waals surface area contributed by atoms with E-state index >= 15 is 0 Å². The number of carbonyl (C=O) groups is 1. The quantitative estimate of drug-likeness (QED) is 0.285. The van der Waals surface area contributed by atoms with Gasteiger partial charge in [0.25, 0.3) is 0 Å². The maximum atomic E-state index is 11.5. The van der Waals surface area contributed by atoms with Crippen LogP contribution in [0.3, 0.4) is 0 Å². The summed E-state index contributed by atoms with van der Waals surface area (Å²) in [7, 11) is 0. The van der Waals surface area contributed by atoms with Crippen molar-refractivity contribution in [3.63, 3.8) is 0 Å². The van der Waals surface area contributed by atoms with Crippen LogP contribution in [-0.4, -0.2) is 25.7 Å². The number of carboxylic acid groups (broad SMARTS) is 1. The molecule has 5 rings (SSSR count). The van der Waals surface area contributed by atoms with Crippen molar-refractivity contribution < 1.29 is 14.6 Å². The first-order valence-electron chi connectivity index (χ1n) is 12.8. The molecule has 1 fully saturated rings. The van der Waals surface area contributed by atoms with Crippen LogP contribution in [0.4, 0.5) is 5.82 Å². The van der Waals surface area contributed by atoms with Gasteiger partial charge in [-0.25, -0.2) is 9.50 Å². The highest BCUT2D eigenvalue weighted by Gasteiger charge is 2.29. The number of fused-ring (bicyclic) bond motifs is 1. The number of nitrogen functional groups attached to an aromatic ring is 1. The van der Waals surface area contributed by atoms with E-state index in [0.717, 1.165) is 77.9 Å². The summed E-state index contributed by atoms with van der Waals surface area (Å²) < 4.78 is 8.04. The highest BCUT2D eigenvalue weighted by molar-refractivity contribution is 5.91. The van der Waals surface area contributed by atoms with Gasteiger partial charge in [0, 0.05) is 23.6 Å². The molecule has 1 saturated carbocycles. The second-order valence-corrected chi connectivity index (χ2v) is 9.54. The molecule has 2 aromatic carbocycles. The van der Waals surface area contributed by atoms with Crippen molar-refractivity contribution in [2.45, 2.75) is 64.2 Å². The number of anilines is 1. The number of nitrogens with two attached hydrogens (primary N) is 1. The number of aromatic nitrogens is 3. The minimum Gasteiger partial charge on any atom is -0.481 e. The molecule has 0 saturated heterocycles. The highest BCUT2D eigenvalue weighted by Crippen LogP contribution is 2.44. The van der Waals surface area contributed by atoms with Crippen molar-refractivity contribution in [2.24, 2.45) is 0 Å². The van der Waals surface area contributed by atoms with Gasteiger partial charge in [-0.1, -0.05) is 50.5 Å². The standard InChI is InChI=1S/C29H32N4O3/c1-2-6-19-7-5-10-23(17-19)36-22-13-11-20(12-14-22)26-24(15-16-25(34)35)27(21-8-3-4-9-21)33-28(26)29(30)31-18-32-33/h5,7,10-14,17-18,21H,2-4,6,8-9,15-16H2,1H3,(H,34,35)(H2,30,31,32). The zero-order chi connectivity index (χ0) is 25.1. The molecule has 0 radical (unpaired) electrons. The van der Waals surface area contributed by atoms with E-state index in [0.29, 0.717) is 18.2 Å². The van der Waals surface area contributed by atoms with Gasteiger partial charge in [0.05, 0.1) is 0 Å². The monoisotopic (exact) mass is 484 g/mol. The third kappa shape index (κ3) is 4.78. The summed E-state index contributed by atoms with van der Waals surface area (Å²) in [6.45, 7) is 2.17. The van der Waals surface area contributed by atoms with Crippen LogP contribution < -0.4 is 10.5 Å². The summed E-state index contributed by atoms with van der Waals surface area (Å²) >= 11 is 0. The molecule has 1 aliphatic rings. The molecule has 0 aliphatic heterocycles. The Morgan fingerprint density at radius 3 is 2.61 bits per heavy atom.